The number of aromatic nitrogens is 4. The van der Waals surface area contributed by atoms with Crippen molar-refractivity contribution in [1.29, 1.82) is 0 Å². The number of anilines is 2. The summed E-state index contributed by atoms with van der Waals surface area (Å²) in [4.78, 5) is 47.8. The molecule has 2 aromatic heterocycles. The molecule has 0 spiro atoms. The summed E-state index contributed by atoms with van der Waals surface area (Å²) in [5, 5.41) is 22.0. The van der Waals surface area contributed by atoms with E-state index in [0.717, 1.165) is 5.39 Å². The number of hydrogen-bond donors (Lipinski definition) is 3. The highest BCUT2D eigenvalue weighted by molar-refractivity contribution is 5.89. The number of benzene rings is 2. The third kappa shape index (κ3) is 5.85. The Morgan fingerprint density at radius 2 is 1.71 bits per heavy atom. The zero-order valence-corrected chi connectivity index (χ0v) is 20.1. The topological polar surface area (TPSA) is 182 Å². The highest BCUT2D eigenvalue weighted by atomic mass is 19.4. The molecule has 4 rings (SSSR count). The van der Waals surface area contributed by atoms with E-state index in [-0.39, 0.29) is 23.0 Å². The number of rotatable bonds is 5. The fourth-order valence-corrected chi connectivity index (χ4v) is 3.32. The van der Waals surface area contributed by atoms with Gasteiger partial charge < -0.3 is 14.6 Å². The third-order valence-electron chi connectivity index (χ3n) is 5.05. The summed E-state index contributed by atoms with van der Waals surface area (Å²) < 4.78 is 42.5. The largest absolute Gasteiger partial charge is 0.497 e. The first-order valence-electron chi connectivity index (χ1n) is 10.4. The molecular formula is C22H19F3N6O7. The predicted octanol–water partition coefficient (Wildman–Crippen LogP) is 3.79. The van der Waals surface area contributed by atoms with E-state index in [2.05, 4.69) is 25.3 Å². The molecule has 0 aliphatic rings. The fraction of sp³-hybridized carbons (Fsp3) is 0.227. The minimum atomic E-state index is -5.08. The number of nitro groups is 1. The number of aliphatic carboxylic acids is 1. The maximum absolute atomic E-state index is 12.5. The van der Waals surface area contributed by atoms with Crippen LogP contribution in [0.3, 0.4) is 0 Å². The molecule has 0 saturated heterocycles. The lowest BCUT2D eigenvalue weighted by molar-refractivity contribution is -0.384. The molecule has 16 heteroatoms. The molecule has 2 aromatic carbocycles. The number of aromatic amines is 1. The van der Waals surface area contributed by atoms with Gasteiger partial charge in [-0.05, 0) is 25.5 Å². The van der Waals surface area contributed by atoms with Crippen LogP contribution in [0.1, 0.15) is 11.3 Å². The van der Waals surface area contributed by atoms with Crippen LogP contribution in [-0.4, -0.2) is 56.3 Å². The fourth-order valence-electron chi connectivity index (χ4n) is 3.32. The van der Waals surface area contributed by atoms with Crippen molar-refractivity contribution >= 4 is 45.4 Å². The van der Waals surface area contributed by atoms with Crippen molar-refractivity contribution in [2.75, 3.05) is 19.5 Å². The predicted molar refractivity (Wildman–Crippen MR) is 128 cm³/mol. The number of nitro benzene ring substituents is 1. The first-order valence-corrected chi connectivity index (χ1v) is 10.4. The van der Waals surface area contributed by atoms with Crippen LogP contribution in [0, 0.1) is 24.0 Å². The number of ether oxygens (including phenoxy) is 2. The first kappa shape index (κ1) is 27.6. The molecule has 4 aromatic rings. The van der Waals surface area contributed by atoms with E-state index in [4.69, 9.17) is 19.4 Å². The van der Waals surface area contributed by atoms with E-state index < -0.39 is 22.6 Å². The summed E-state index contributed by atoms with van der Waals surface area (Å²) in [5.41, 5.74) is 1.39. The molecule has 0 bridgehead atoms. The number of non-ortho nitro benzene ring substituents is 1. The van der Waals surface area contributed by atoms with Crippen LogP contribution in [-0.2, 0) is 4.79 Å². The number of nitrogens with one attached hydrogen (secondary N) is 2. The Balaban J connectivity index is 0.000000505. The second kappa shape index (κ2) is 10.5. The van der Waals surface area contributed by atoms with Gasteiger partial charge in [0.15, 0.2) is 0 Å². The smallest absolute Gasteiger partial charge is 0.490 e. The van der Waals surface area contributed by atoms with Gasteiger partial charge in [-0.3, -0.25) is 25.2 Å². The number of carboxylic acids is 1. The summed E-state index contributed by atoms with van der Waals surface area (Å²) in [6.07, 6.45) is -5.08. The average molecular weight is 536 g/mol. The summed E-state index contributed by atoms with van der Waals surface area (Å²) in [6.45, 7) is 3.47. The molecule has 0 unspecified atom stereocenters. The number of carboxylic acid groups (broad SMARTS) is 1. The lowest BCUT2D eigenvalue weighted by Gasteiger charge is -2.12. The lowest BCUT2D eigenvalue weighted by atomic mass is 10.1. The van der Waals surface area contributed by atoms with Gasteiger partial charge in [0, 0.05) is 23.6 Å². The molecule has 13 nitrogen and oxygen atoms in total. The molecule has 0 aliphatic heterocycles. The Kier molecular flexibility index (Phi) is 7.64. The Hall–Kier alpha value is -5.02. The van der Waals surface area contributed by atoms with Crippen molar-refractivity contribution in [1.82, 2.24) is 19.9 Å². The zero-order valence-electron chi connectivity index (χ0n) is 20.1. The second-order valence-corrected chi connectivity index (χ2v) is 7.62. The normalized spacial score (nSPS) is 11.0. The van der Waals surface area contributed by atoms with E-state index in [1.54, 1.807) is 20.1 Å². The summed E-state index contributed by atoms with van der Waals surface area (Å²) in [6, 6.07) is 6.09. The van der Waals surface area contributed by atoms with Gasteiger partial charge in [0.05, 0.1) is 35.7 Å². The highest BCUT2D eigenvalue weighted by Crippen LogP contribution is 2.32. The molecule has 0 radical (unpaired) electrons. The molecule has 0 amide bonds. The number of alkyl halides is 3. The Bertz CT molecular complexity index is 1620. The second-order valence-electron chi connectivity index (χ2n) is 7.62. The summed E-state index contributed by atoms with van der Waals surface area (Å²) in [5.74, 6) is -1.32. The van der Waals surface area contributed by atoms with Crippen molar-refractivity contribution in [2.45, 2.75) is 20.0 Å². The van der Waals surface area contributed by atoms with Crippen LogP contribution in [0.4, 0.5) is 30.8 Å². The standard InChI is InChI=1S/C20H18N6O5.C2HF3O2/c1-9-5-11(26(28)29)6-14-16(9)22-20(24-18(14)27)25-19-21-10(2)13-7-12(30-3)8-15(31-4)17(13)23-19;3-2(4,5)1(6)7/h5-8H,1-4H3,(H2,21,22,23,24,25,27);(H,6,7). The number of aryl methyl sites for hydroxylation is 2. The van der Waals surface area contributed by atoms with Crippen molar-refractivity contribution in [3.05, 3.63) is 56.0 Å². The number of hydrogen-bond acceptors (Lipinski definition) is 10. The van der Waals surface area contributed by atoms with Crippen LogP contribution >= 0.6 is 0 Å². The van der Waals surface area contributed by atoms with Gasteiger partial charge >= 0.3 is 12.1 Å². The van der Waals surface area contributed by atoms with E-state index in [1.165, 1.54) is 19.2 Å². The molecule has 2 heterocycles. The Morgan fingerprint density at radius 1 is 1.05 bits per heavy atom. The van der Waals surface area contributed by atoms with Crippen LogP contribution in [0.15, 0.2) is 29.1 Å². The molecular weight excluding hydrogens is 517 g/mol. The minimum absolute atomic E-state index is 0.112. The maximum Gasteiger partial charge on any atom is 0.490 e. The van der Waals surface area contributed by atoms with E-state index in [9.17, 15) is 28.1 Å². The molecule has 200 valence electrons. The van der Waals surface area contributed by atoms with Crippen molar-refractivity contribution < 1.29 is 37.5 Å². The quantitative estimate of drug-likeness (QED) is 0.249. The SMILES string of the molecule is COc1cc(OC)c2nc(Nc3nc4c(C)cc([N+](=O)[O-])cc4c(=O)[nH]3)nc(C)c2c1.O=C(O)C(F)(F)F. The highest BCUT2D eigenvalue weighted by Gasteiger charge is 2.38. The van der Waals surface area contributed by atoms with E-state index in [0.29, 0.717) is 33.8 Å². The Labute approximate surface area is 210 Å². The molecule has 0 fully saturated rings. The van der Waals surface area contributed by atoms with Gasteiger partial charge in [0.25, 0.3) is 11.2 Å². The molecule has 0 atom stereocenters. The number of methoxy groups -OCH3 is 2. The van der Waals surface area contributed by atoms with Crippen molar-refractivity contribution in [3.63, 3.8) is 0 Å². The van der Waals surface area contributed by atoms with Gasteiger partial charge in [-0.2, -0.15) is 13.2 Å². The van der Waals surface area contributed by atoms with Crippen LogP contribution in [0.25, 0.3) is 21.8 Å². The number of H-pyrrole nitrogens is 1. The van der Waals surface area contributed by atoms with Crippen LogP contribution in [0.2, 0.25) is 0 Å². The first-order chi connectivity index (χ1) is 17.7. The number of fused-ring (bicyclic) bond motifs is 2. The van der Waals surface area contributed by atoms with E-state index >= 15 is 0 Å². The number of carbonyl (C=O) groups is 1. The van der Waals surface area contributed by atoms with Gasteiger partial charge in [-0.1, -0.05) is 0 Å². The minimum Gasteiger partial charge on any atom is -0.497 e. The molecule has 3 N–H and O–H groups in total. The average Bonchev–Trinajstić information content (AvgIpc) is 2.83. The van der Waals surface area contributed by atoms with Gasteiger partial charge in [0.1, 0.15) is 17.0 Å². The molecule has 38 heavy (non-hydrogen) atoms. The monoisotopic (exact) mass is 536 g/mol. The lowest BCUT2D eigenvalue weighted by Crippen LogP contribution is -2.21. The summed E-state index contributed by atoms with van der Waals surface area (Å²) >= 11 is 0. The van der Waals surface area contributed by atoms with E-state index in [1.807, 2.05) is 13.0 Å². The molecule has 0 aliphatic carbocycles. The maximum atomic E-state index is 12.5. The number of halogens is 3. The summed E-state index contributed by atoms with van der Waals surface area (Å²) in [7, 11) is 3.09. The third-order valence-corrected chi connectivity index (χ3v) is 5.05. The van der Waals surface area contributed by atoms with Gasteiger partial charge in [-0.25, -0.2) is 19.7 Å². The van der Waals surface area contributed by atoms with Crippen LogP contribution < -0.4 is 20.3 Å². The van der Waals surface area contributed by atoms with Crippen molar-refractivity contribution in [2.24, 2.45) is 0 Å². The zero-order chi connectivity index (χ0) is 28.4. The van der Waals surface area contributed by atoms with Crippen molar-refractivity contribution in [3.8, 4) is 11.5 Å². The van der Waals surface area contributed by atoms with Gasteiger partial charge in [0.2, 0.25) is 11.9 Å². The van der Waals surface area contributed by atoms with Gasteiger partial charge in [-0.15, -0.1) is 0 Å². The van der Waals surface area contributed by atoms with Crippen LogP contribution in [0.5, 0.6) is 11.5 Å². The number of nitrogens with zero attached hydrogens (tertiary/aromatic N) is 4. The Morgan fingerprint density at radius 3 is 2.26 bits per heavy atom. The molecule has 0 saturated carbocycles.